The Morgan fingerprint density at radius 1 is 1.50 bits per heavy atom. The van der Waals surface area contributed by atoms with E-state index in [2.05, 4.69) is 15.3 Å². The molecule has 90 valence electrons. The lowest BCUT2D eigenvalue weighted by molar-refractivity contribution is 0.0356. The summed E-state index contributed by atoms with van der Waals surface area (Å²) in [4.78, 5) is 7.44. The Kier molecular flexibility index (Phi) is 4.57. The minimum absolute atomic E-state index is 0.280. The van der Waals surface area contributed by atoms with Crippen molar-refractivity contribution in [2.45, 2.75) is 18.9 Å². The molecule has 0 radical (unpaired) electrons. The number of nitrogens with zero attached hydrogens (tertiary/aromatic N) is 2. The van der Waals surface area contributed by atoms with Crippen LogP contribution in [0, 0.1) is 5.82 Å². The third-order valence-corrected chi connectivity index (χ3v) is 2.09. The zero-order chi connectivity index (χ0) is 12.0. The lowest BCUT2D eigenvalue weighted by atomic mass is 10.0. The summed E-state index contributed by atoms with van der Waals surface area (Å²) >= 11 is 0. The van der Waals surface area contributed by atoms with Crippen LogP contribution in [0.4, 0.5) is 10.3 Å². The fraction of sp³-hybridized carbons (Fsp3) is 0.600. The lowest BCUT2D eigenvalue weighted by Crippen LogP contribution is -2.35. The summed E-state index contributed by atoms with van der Waals surface area (Å²) in [5, 5.41) is 12.7. The summed E-state index contributed by atoms with van der Waals surface area (Å²) in [5.74, 6) is -0.198. The van der Waals surface area contributed by atoms with Gasteiger partial charge in [0, 0.05) is 26.7 Å². The number of ether oxygens (including phenoxy) is 1. The van der Waals surface area contributed by atoms with Crippen molar-refractivity contribution >= 4 is 5.95 Å². The fourth-order valence-corrected chi connectivity index (χ4v) is 1.08. The van der Waals surface area contributed by atoms with Crippen LogP contribution in [0.5, 0.6) is 0 Å². The first-order valence-electron chi connectivity index (χ1n) is 4.96. The van der Waals surface area contributed by atoms with Crippen molar-refractivity contribution in [3.05, 3.63) is 18.2 Å². The number of aliphatic hydroxyl groups is 1. The molecule has 1 aromatic rings. The third-order valence-electron chi connectivity index (χ3n) is 2.09. The van der Waals surface area contributed by atoms with Crippen LogP contribution in [0.3, 0.4) is 0 Å². The summed E-state index contributed by atoms with van der Waals surface area (Å²) in [5.41, 5.74) is -0.909. The molecular weight excluding hydrogens is 213 g/mol. The van der Waals surface area contributed by atoms with Gasteiger partial charge in [0.05, 0.1) is 18.0 Å². The van der Waals surface area contributed by atoms with Crippen LogP contribution in [-0.4, -0.2) is 40.9 Å². The molecule has 2 N–H and O–H groups in total. The Balaban J connectivity index is 2.41. The second-order valence-corrected chi connectivity index (χ2v) is 3.82. The number of methoxy groups -OCH3 is 1. The maximum atomic E-state index is 12.5. The number of aromatic nitrogens is 2. The first-order chi connectivity index (χ1) is 7.53. The van der Waals surface area contributed by atoms with Gasteiger partial charge in [-0.05, 0) is 6.92 Å². The van der Waals surface area contributed by atoms with Crippen molar-refractivity contribution in [3.63, 3.8) is 0 Å². The van der Waals surface area contributed by atoms with Gasteiger partial charge in [-0.3, -0.25) is 0 Å². The van der Waals surface area contributed by atoms with Gasteiger partial charge in [0.15, 0.2) is 5.82 Å². The highest BCUT2D eigenvalue weighted by atomic mass is 19.1. The molecule has 6 heteroatoms. The van der Waals surface area contributed by atoms with Gasteiger partial charge in [-0.15, -0.1) is 0 Å². The predicted octanol–water partition coefficient (Wildman–Crippen LogP) is 0.815. The quantitative estimate of drug-likeness (QED) is 0.755. The molecule has 0 spiro atoms. The standard InChI is InChI=1S/C10H16FN3O2/c1-10(15,3-4-16-2)7-14-9-12-5-8(11)6-13-9/h5-6,15H,3-4,7H2,1-2H3,(H,12,13,14). The molecule has 0 saturated carbocycles. The molecule has 16 heavy (non-hydrogen) atoms. The van der Waals surface area contributed by atoms with Crippen LogP contribution in [0.1, 0.15) is 13.3 Å². The van der Waals surface area contributed by atoms with Crippen molar-refractivity contribution < 1.29 is 14.2 Å². The number of hydrogen-bond acceptors (Lipinski definition) is 5. The minimum Gasteiger partial charge on any atom is -0.388 e. The van der Waals surface area contributed by atoms with Gasteiger partial charge in [0.1, 0.15) is 0 Å². The van der Waals surface area contributed by atoms with E-state index in [1.165, 1.54) is 0 Å². The normalized spacial score (nSPS) is 14.5. The number of rotatable bonds is 6. The van der Waals surface area contributed by atoms with E-state index in [0.717, 1.165) is 12.4 Å². The van der Waals surface area contributed by atoms with Crippen LogP contribution >= 0.6 is 0 Å². The molecule has 1 atom stereocenters. The Bertz CT molecular complexity index is 316. The Labute approximate surface area is 93.7 Å². The molecular formula is C10H16FN3O2. The van der Waals surface area contributed by atoms with E-state index in [4.69, 9.17) is 4.74 Å². The van der Waals surface area contributed by atoms with E-state index < -0.39 is 11.4 Å². The zero-order valence-electron chi connectivity index (χ0n) is 9.40. The van der Waals surface area contributed by atoms with Crippen LogP contribution in [0.2, 0.25) is 0 Å². The SMILES string of the molecule is COCCC(C)(O)CNc1ncc(F)cn1. The molecule has 0 amide bonds. The third kappa shape index (κ3) is 4.50. The summed E-state index contributed by atoms with van der Waals surface area (Å²) in [7, 11) is 1.58. The molecule has 5 nitrogen and oxygen atoms in total. The molecule has 1 unspecified atom stereocenters. The van der Waals surface area contributed by atoms with Gasteiger partial charge in [0.2, 0.25) is 5.95 Å². The van der Waals surface area contributed by atoms with Crippen LogP contribution in [0.15, 0.2) is 12.4 Å². The highest BCUT2D eigenvalue weighted by Crippen LogP contribution is 2.10. The van der Waals surface area contributed by atoms with Crippen molar-refractivity contribution in [1.82, 2.24) is 9.97 Å². The first-order valence-corrected chi connectivity index (χ1v) is 4.96. The van der Waals surface area contributed by atoms with Gasteiger partial charge in [0.25, 0.3) is 0 Å². The molecule has 1 aromatic heterocycles. The smallest absolute Gasteiger partial charge is 0.222 e. The number of hydrogen-bond donors (Lipinski definition) is 2. The second-order valence-electron chi connectivity index (χ2n) is 3.82. The highest BCUT2D eigenvalue weighted by Gasteiger charge is 2.19. The minimum atomic E-state index is -0.909. The second kappa shape index (κ2) is 5.72. The Hall–Kier alpha value is -1.27. The van der Waals surface area contributed by atoms with E-state index in [-0.39, 0.29) is 6.54 Å². The molecule has 1 rings (SSSR count). The van der Waals surface area contributed by atoms with Crippen LogP contribution in [0.25, 0.3) is 0 Å². The van der Waals surface area contributed by atoms with Gasteiger partial charge < -0.3 is 15.2 Å². The number of anilines is 1. The molecule has 0 aliphatic carbocycles. The van der Waals surface area contributed by atoms with E-state index in [0.29, 0.717) is 19.0 Å². The largest absolute Gasteiger partial charge is 0.388 e. The van der Waals surface area contributed by atoms with Gasteiger partial charge >= 0.3 is 0 Å². The molecule has 0 fully saturated rings. The zero-order valence-corrected chi connectivity index (χ0v) is 9.40. The number of halogens is 1. The maximum Gasteiger partial charge on any atom is 0.222 e. The van der Waals surface area contributed by atoms with Crippen molar-refractivity contribution in [1.29, 1.82) is 0 Å². The van der Waals surface area contributed by atoms with E-state index >= 15 is 0 Å². The average molecular weight is 229 g/mol. The molecule has 0 aliphatic heterocycles. The fourth-order valence-electron chi connectivity index (χ4n) is 1.08. The van der Waals surface area contributed by atoms with E-state index in [1.54, 1.807) is 14.0 Å². The van der Waals surface area contributed by atoms with Gasteiger partial charge in [-0.2, -0.15) is 0 Å². The first kappa shape index (κ1) is 12.8. The maximum absolute atomic E-state index is 12.5. The molecule has 0 aromatic carbocycles. The van der Waals surface area contributed by atoms with Gasteiger partial charge in [-0.1, -0.05) is 0 Å². The monoisotopic (exact) mass is 229 g/mol. The Morgan fingerprint density at radius 3 is 2.69 bits per heavy atom. The van der Waals surface area contributed by atoms with Crippen LogP contribution < -0.4 is 5.32 Å². The summed E-state index contributed by atoms with van der Waals surface area (Å²) in [6.07, 6.45) is 2.64. The van der Waals surface area contributed by atoms with Gasteiger partial charge in [-0.25, -0.2) is 14.4 Å². The molecule has 0 aliphatic rings. The highest BCUT2D eigenvalue weighted by molar-refractivity contribution is 5.23. The van der Waals surface area contributed by atoms with Crippen molar-refractivity contribution in [2.24, 2.45) is 0 Å². The predicted molar refractivity (Wildman–Crippen MR) is 57.6 cm³/mol. The van der Waals surface area contributed by atoms with Crippen LogP contribution in [-0.2, 0) is 4.74 Å². The summed E-state index contributed by atoms with van der Waals surface area (Å²) in [6.45, 7) is 2.43. The van der Waals surface area contributed by atoms with E-state index in [9.17, 15) is 9.50 Å². The average Bonchev–Trinajstić information content (AvgIpc) is 2.26. The lowest BCUT2D eigenvalue weighted by Gasteiger charge is -2.23. The molecule has 0 saturated heterocycles. The molecule has 0 bridgehead atoms. The topological polar surface area (TPSA) is 67.3 Å². The Morgan fingerprint density at radius 2 is 2.12 bits per heavy atom. The molecule has 1 heterocycles. The van der Waals surface area contributed by atoms with Crippen molar-refractivity contribution in [3.8, 4) is 0 Å². The summed E-state index contributed by atoms with van der Waals surface area (Å²) in [6, 6.07) is 0. The van der Waals surface area contributed by atoms with Crippen molar-refractivity contribution in [2.75, 3.05) is 25.6 Å². The number of nitrogens with one attached hydrogen (secondary N) is 1. The van der Waals surface area contributed by atoms with E-state index in [1.807, 2.05) is 0 Å². The summed E-state index contributed by atoms with van der Waals surface area (Å²) < 4.78 is 17.4.